The number of furan rings is 1. The van der Waals surface area contributed by atoms with Gasteiger partial charge in [0.15, 0.2) is 11.7 Å². The fourth-order valence-corrected chi connectivity index (χ4v) is 3.53. The summed E-state index contributed by atoms with van der Waals surface area (Å²) in [7, 11) is 0. The van der Waals surface area contributed by atoms with E-state index in [2.05, 4.69) is 15.2 Å². The lowest BCUT2D eigenvalue weighted by atomic mass is 10.2. The second-order valence-corrected chi connectivity index (χ2v) is 7.32. The molecule has 0 saturated carbocycles. The van der Waals surface area contributed by atoms with Gasteiger partial charge in [-0.3, -0.25) is 9.59 Å². The van der Waals surface area contributed by atoms with Gasteiger partial charge in [-0.05, 0) is 31.5 Å². The molecule has 1 aromatic heterocycles. The SMILES string of the molecule is CCNC(=NCC(=O)N(CC)Cc1ccccc1)N1CCN(C(=O)c2ccco2)CC1. The van der Waals surface area contributed by atoms with Crippen LogP contribution in [0, 0.1) is 0 Å². The van der Waals surface area contributed by atoms with E-state index in [4.69, 9.17) is 4.42 Å². The zero-order valence-corrected chi connectivity index (χ0v) is 18.3. The van der Waals surface area contributed by atoms with Crippen LogP contribution in [0.25, 0.3) is 0 Å². The van der Waals surface area contributed by atoms with Gasteiger partial charge in [-0.25, -0.2) is 4.99 Å². The van der Waals surface area contributed by atoms with Crippen LogP contribution in [0.3, 0.4) is 0 Å². The average molecular weight is 426 g/mol. The first-order valence-electron chi connectivity index (χ1n) is 10.8. The van der Waals surface area contributed by atoms with E-state index in [1.54, 1.807) is 17.0 Å². The summed E-state index contributed by atoms with van der Waals surface area (Å²) in [6.07, 6.45) is 1.51. The number of amides is 2. The van der Waals surface area contributed by atoms with Crippen LogP contribution in [0.15, 0.2) is 58.1 Å². The number of piperazine rings is 1. The summed E-state index contributed by atoms with van der Waals surface area (Å²) in [6.45, 7) is 8.44. The highest BCUT2D eigenvalue weighted by atomic mass is 16.3. The maximum Gasteiger partial charge on any atom is 0.289 e. The van der Waals surface area contributed by atoms with Crippen LogP contribution < -0.4 is 5.32 Å². The lowest BCUT2D eigenvalue weighted by Gasteiger charge is -2.36. The first kappa shape index (κ1) is 22.4. The molecule has 0 bridgehead atoms. The molecule has 166 valence electrons. The third kappa shape index (κ3) is 6.10. The number of rotatable bonds is 7. The predicted octanol–water partition coefficient (Wildman–Crippen LogP) is 2.05. The van der Waals surface area contributed by atoms with E-state index in [1.807, 2.05) is 49.1 Å². The Bertz CT molecular complexity index is 859. The molecule has 1 fully saturated rings. The van der Waals surface area contributed by atoms with Crippen molar-refractivity contribution in [3.8, 4) is 0 Å². The third-order valence-electron chi connectivity index (χ3n) is 5.25. The van der Waals surface area contributed by atoms with Crippen molar-refractivity contribution in [2.45, 2.75) is 20.4 Å². The second-order valence-electron chi connectivity index (χ2n) is 7.32. The van der Waals surface area contributed by atoms with E-state index in [0.717, 1.165) is 5.56 Å². The Hall–Kier alpha value is -3.29. The number of hydrogen-bond acceptors (Lipinski definition) is 4. The average Bonchev–Trinajstić information content (AvgIpc) is 3.35. The minimum absolute atomic E-state index is 0.00612. The molecular weight excluding hydrogens is 394 g/mol. The first-order valence-corrected chi connectivity index (χ1v) is 10.8. The molecule has 0 spiro atoms. The zero-order chi connectivity index (χ0) is 22.1. The molecule has 2 amide bonds. The van der Waals surface area contributed by atoms with Crippen molar-refractivity contribution >= 4 is 17.8 Å². The number of aliphatic imine (C=N–C) groups is 1. The molecule has 0 atom stereocenters. The van der Waals surface area contributed by atoms with Gasteiger partial charge in [0.2, 0.25) is 5.91 Å². The van der Waals surface area contributed by atoms with Crippen LogP contribution in [0.5, 0.6) is 0 Å². The van der Waals surface area contributed by atoms with E-state index in [0.29, 0.717) is 57.5 Å². The number of hydrogen-bond donors (Lipinski definition) is 1. The number of carbonyl (C=O) groups is 2. The molecule has 2 aromatic rings. The minimum atomic E-state index is -0.0960. The van der Waals surface area contributed by atoms with Crippen molar-refractivity contribution < 1.29 is 14.0 Å². The molecule has 1 aliphatic rings. The number of nitrogens with one attached hydrogen (secondary N) is 1. The Morgan fingerprint density at radius 2 is 1.74 bits per heavy atom. The van der Waals surface area contributed by atoms with Gasteiger partial charge in [-0.1, -0.05) is 30.3 Å². The van der Waals surface area contributed by atoms with Crippen LogP contribution >= 0.6 is 0 Å². The van der Waals surface area contributed by atoms with Gasteiger partial charge < -0.3 is 24.4 Å². The van der Waals surface area contributed by atoms with Gasteiger partial charge >= 0.3 is 0 Å². The smallest absolute Gasteiger partial charge is 0.289 e. The Balaban J connectivity index is 1.57. The van der Waals surface area contributed by atoms with Gasteiger partial charge in [0, 0.05) is 45.8 Å². The summed E-state index contributed by atoms with van der Waals surface area (Å²) >= 11 is 0. The molecule has 8 heteroatoms. The number of carbonyl (C=O) groups excluding carboxylic acids is 2. The molecule has 1 N–H and O–H groups in total. The summed E-state index contributed by atoms with van der Waals surface area (Å²) in [4.78, 5) is 35.5. The van der Waals surface area contributed by atoms with Gasteiger partial charge in [-0.15, -0.1) is 0 Å². The maximum atomic E-state index is 12.8. The third-order valence-corrected chi connectivity index (χ3v) is 5.25. The van der Waals surface area contributed by atoms with Gasteiger partial charge in [0.1, 0.15) is 6.54 Å². The molecule has 31 heavy (non-hydrogen) atoms. The topological polar surface area (TPSA) is 81.4 Å². The van der Waals surface area contributed by atoms with Crippen LogP contribution in [0.4, 0.5) is 0 Å². The molecule has 1 aromatic carbocycles. The van der Waals surface area contributed by atoms with Crippen LogP contribution in [0.2, 0.25) is 0 Å². The zero-order valence-electron chi connectivity index (χ0n) is 18.3. The highest BCUT2D eigenvalue weighted by Crippen LogP contribution is 2.10. The molecule has 1 saturated heterocycles. The normalized spacial score (nSPS) is 14.5. The van der Waals surface area contributed by atoms with Crippen LogP contribution in [0.1, 0.15) is 30.0 Å². The minimum Gasteiger partial charge on any atom is -0.459 e. The molecule has 1 aliphatic heterocycles. The van der Waals surface area contributed by atoms with Crippen LogP contribution in [-0.4, -0.2) is 78.3 Å². The van der Waals surface area contributed by atoms with Gasteiger partial charge in [0.25, 0.3) is 5.91 Å². The lowest BCUT2D eigenvalue weighted by molar-refractivity contribution is -0.130. The van der Waals surface area contributed by atoms with E-state index < -0.39 is 0 Å². The van der Waals surface area contributed by atoms with Crippen molar-refractivity contribution in [2.75, 3.05) is 45.8 Å². The summed E-state index contributed by atoms with van der Waals surface area (Å²) in [5.74, 6) is 0.962. The van der Waals surface area contributed by atoms with Gasteiger partial charge in [0.05, 0.1) is 6.26 Å². The second kappa shape index (κ2) is 11.2. The fourth-order valence-electron chi connectivity index (χ4n) is 3.53. The molecule has 2 heterocycles. The standard InChI is InChI=1S/C23H31N5O3/c1-3-24-23(25-17-21(29)26(4-2)18-19-9-6-5-7-10-19)28-14-12-27(13-15-28)22(30)20-11-8-16-31-20/h5-11,16H,3-4,12-15,17-18H2,1-2H3,(H,24,25). The quantitative estimate of drug-likeness (QED) is 0.542. The number of likely N-dealkylation sites (N-methyl/N-ethyl adjacent to an activating group) is 1. The maximum absolute atomic E-state index is 12.8. The number of nitrogens with zero attached hydrogens (tertiary/aromatic N) is 4. The molecule has 3 rings (SSSR count). The van der Waals surface area contributed by atoms with E-state index in [1.165, 1.54) is 6.26 Å². The van der Waals surface area contributed by atoms with E-state index in [9.17, 15) is 9.59 Å². The number of benzene rings is 1. The van der Waals surface area contributed by atoms with E-state index >= 15 is 0 Å². The highest BCUT2D eigenvalue weighted by molar-refractivity contribution is 5.91. The number of guanidine groups is 1. The lowest BCUT2D eigenvalue weighted by Crippen LogP contribution is -2.54. The fraction of sp³-hybridized carbons (Fsp3) is 0.435. The summed E-state index contributed by atoms with van der Waals surface area (Å²) in [6, 6.07) is 13.4. The molecule has 0 aliphatic carbocycles. The summed E-state index contributed by atoms with van der Waals surface area (Å²) in [5.41, 5.74) is 1.10. The van der Waals surface area contributed by atoms with Crippen molar-refractivity contribution in [1.82, 2.24) is 20.0 Å². The van der Waals surface area contributed by atoms with Crippen molar-refractivity contribution in [2.24, 2.45) is 4.99 Å². The molecule has 0 radical (unpaired) electrons. The first-order chi connectivity index (χ1) is 15.1. The largest absolute Gasteiger partial charge is 0.459 e. The van der Waals surface area contributed by atoms with Gasteiger partial charge in [-0.2, -0.15) is 0 Å². The van der Waals surface area contributed by atoms with Crippen molar-refractivity contribution in [3.63, 3.8) is 0 Å². The molecule has 8 nitrogen and oxygen atoms in total. The Morgan fingerprint density at radius 1 is 1.03 bits per heavy atom. The Kier molecular flexibility index (Phi) is 8.09. The predicted molar refractivity (Wildman–Crippen MR) is 120 cm³/mol. The monoisotopic (exact) mass is 425 g/mol. The Morgan fingerprint density at radius 3 is 2.35 bits per heavy atom. The molecular formula is C23H31N5O3. The summed E-state index contributed by atoms with van der Waals surface area (Å²) in [5, 5.41) is 3.27. The van der Waals surface area contributed by atoms with E-state index in [-0.39, 0.29) is 18.4 Å². The molecule has 0 unspecified atom stereocenters. The summed E-state index contributed by atoms with van der Waals surface area (Å²) < 4.78 is 5.22. The Labute approximate surface area is 183 Å². The highest BCUT2D eigenvalue weighted by Gasteiger charge is 2.25. The van der Waals surface area contributed by atoms with Crippen molar-refractivity contribution in [1.29, 1.82) is 0 Å². The van der Waals surface area contributed by atoms with Crippen molar-refractivity contribution in [3.05, 3.63) is 60.1 Å². The van der Waals surface area contributed by atoms with Crippen LogP contribution in [-0.2, 0) is 11.3 Å².